The lowest BCUT2D eigenvalue weighted by Crippen LogP contribution is -2.46. The topological polar surface area (TPSA) is 65.7 Å². The van der Waals surface area contributed by atoms with Crippen molar-refractivity contribution >= 4 is 11.6 Å². The van der Waals surface area contributed by atoms with Gasteiger partial charge in [0.15, 0.2) is 0 Å². The molecule has 4 aromatic rings. The average molecular weight is 469 g/mol. The van der Waals surface area contributed by atoms with Crippen LogP contribution < -0.4 is 4.90 Å². The third-order valence-corrected chi connectivity index (χ3v) is 7.29. The summed E-state index contributed by atoms with van der Waals surface area (Å²) >= 11 is 0. The summed E-state index contributed by atoms with van der Waals surface area (Å²) in [4.78, 5) is 26.1. The number of aromatic nitrogens is 5. The van der Waals surface area contributed by atoms with Crippen LogP contribution in [0.1, 0.15) is 41.5 Å². The normalized spacial score (nSPS) is 18.8. The first-order valence-electron chi connectivity index (χ1n) is 12.6. The van der Waals surface area contributed by atoms with Crippen molar-refractivity contribution in [3.8, 4) is 0 Å². The number of anilines is 1. The lowest BCUT2D eigenvalue weighted by molar-refractivity contribution is 0.206. The van der Waals surface area contributed by atoms with Crippen molar-refractivity contribution in [2.45, 2.75) is 38.4 Å². The van der Waals surface area contributed by atoms with Crippen LogP contribution in [-0.2, 0) is 19.5 Å². The Labute approximate surface area is 206 Å². The number of fused-ring (bicyclic) bond motifs is 2. The molecule has 35 heavy (non-hydrogen) atoms. The number of imidazole rings is 1. The number of hydrogen-bond acceptors (Lipinski definition) is 7. The van der Waals surface area contributed by atoms with Crippen LogP contribution in [-0.4, -0.2) is 67.4 Å². The molecule has 0 aromatic carbocycles. The summed E-state index contributed by atoms with van der Waals surface area (Å²) in [6.45, 7) is 5.56. The van der Waals surface area contributed by atoms with Crippen LogP contribution in [0.3, 0.4) is 0 Å². The fraction of sp³-hybridized carbons (Fsp3) is 0.407. The molecular formula is C27H32N8. The first-order valence-corrected chi connectivity index (χ1v) is 12.6. The van der Waals surface area contributed by atoms with Crippen molar-refractivity contribution in [1.82, 2.24) is 34.1 Å². The highest BCUT2D eigenvalue weighted by Crippen LogP contribution is 2.32. The number of aryl methyl sites for hydroxylation is 1. The maximum atomic E-state index is 4.95. The summed E-state index contributed by atoms with van der Waals surface area (Å²) in [5, 5.41) is 0. The van der Waals surface area contributed by atoms with Gasteiger partial charge in [0.05, 0.1) is 23.1 Å². The summed E-state index contributed by atoms with van der Waals surface area (Å²) in [6, 6.07) is 12.7. The Morgan fingerprint density at radius 2 is 1.80 bits per heavy atom. The molecule has 1 aliphatic carbocycles. The van der Waals surface area contributed by atoms with Gasteiger partial charge in [-0.05, 0) is 56.1 Å². The van der Waals surface area contributed by atoms with Gasteiger partial charge in [-0.15, -0.1) is 0 Å². The summed E-state index contributed by atoms with van der Waals surface area (Å²) in [5.74, 6) is 0.978. The molecule has 1 atom stereocenters. The fourth-order valence-electron chi connectivity index (χ4n) is 5.47. The molecule has 8 heteroatoms. The molecule has 6 rings (SSSR count). The number of hydrogen-bond donors (Lipinski definition) is 0. The van der Waals surface area contributed by atoms with Gasteiger partial charge >= 0.3 is 0 Å². The zero-order valence-corrected chi connectivity index (χ0v) is 20.3. The van der Waals surface area contributed by atoms with Crippen molar-refractivity contribution in [3.05, 3.63) is 83.8 Å². The van der Waals surface area contributed by atoms with E-state index in [1.54, 1.807) is 0 Å². The molecule has 1 fully saturated rings. The van der Waals surface area contributed by atoms with Crippen LogP contribution in [0.25, 0.3) is 5.65 Å². The number of pyridine rings is 2. The van der Waals surface area contributed by atoms with Gasteiger partial charge < -0.3 is 4.90 Å². The highest BCUT2D eigenvalue weighted by atomic mass is 15.3. The Kier molecular flexibility index (Phi) is 6.14. The third-order valence-electron chi connectivity index (χ3n) is 7.29. The van der Waals surface area contributed by atoms with E-state index in [0.717, 1.165) is 75.1 Å². The zero-order valence-electron chi connectivity index (χ0n) is 20.3. The SMILES string of the molecule is CN(Cc1cn2c(N3CCN(Cc4ccccn4)CC3)nccc2n1)[C@H]1CCCc2cccnc21. The summed E-state index contributed by atoms with van der Waals surface area (Å²) in [7, 11) is 2.19. The Bertz CT molecular complexity index is 1280. The molecule has 180 valence electrons. The van der Waals surface area contributed by atoms with E-state index in [4.69, 9.17) is 15.0 Å². The Balaban J connectivity index is 1.15. The molecule has 0 spiro atoms. The van der Waals surface area contributed by atoms with E-state index in [0.29, 0.717) is 6.04 Å². The maximum absolute atomic E-state index is 4.95. The Morgan fingerprint density at radius 3 is 2.66 bits per heavy atom. The minimum Gasteiger partial charge on any atom is -0.339 e. The minimum absolute atomic E-state index is 0.342. The first-order chi connectivity index (χ1) is 17.2. The van der Waals surface area contributed by atoms with Crippen molar-refractivity contribution in [1.29, 1.82) is 0 Å². The van der Waals surface area contributed by atoms with E-state index in [2.05, 4.69) is 61.6 Å². The molecule has 1 saturated heterocycles. The van der Waals surface area contributed by atoms with Crippen LogP contribution in [0.2, 0.25) is 0 Å². The summed E-state index contributed by atoms with van der Waals surface area (Å²) in [5.41, 5.74) is 5.77. The van der Waals surface area contributed by atoms with Crippen LogP contribution in [0.5, 0.6) is 0 Å². The predicted molar refractivity (Wildman–Crippen MR) is 136 cm³/mol. The molecule has 0 N–H and O–H groups in total. The van der Waals surface area contributed by atoms with Gasteiger partial charge in [-0.2, -0.15) is 0 Å². The molecule has 0 saturated carbocycles. The van der Waals surface area contributed by atoms with Gasteiger partial charge in [0.25, 0.3) is 0 Å². The molecule has 4 aromatic heterocycles. The highest BCUT2D eigenvalue weighted by Gasteiger charge is 2.26. The largest absolute Gasteiger partial charge is 0.339 e. The third kappa shape index (κ3) is 4.63. The van der Waals surface area contributed by atoms with Crippen molar-refractivity contribution in [2.24, 2.45) is 0 Å². The predicted octanol–water partition coefficient (Wildman–Crippen LogP) is 3.35. The van der Waals surface area contributed by atoms with E-state index < -0.39 is 0 Å². The van der Waals surface area contributed by atoms with Crippen LogP contribution in [0.15, 0.2) is 61.2 Å². The maximum Gasteiger partial charge on any atom is 0.211 e. The number of nitrogens with zero attached hydrogens (tertiary/aromatic N) is 8. The average Bonchev–Trinajstić information content (AvgIpc) is 3.32. The van der Waals surface area contributed by atoms with E-state index >= 15 is 0 Å². The smallest absolute Gasteiger partial charge is 0.211 e. The molecule has 0 radical (unpaired) electrons. The molecule has 8 nitrogen and oxygen atoms in total. The monoisotopic (exact) mass is 468 g/mol. The number of piperazine rings is 1. The van der Waals surface area contributed by atoms with Gasteiger partial charge in [-0.3, -0.25) is 24.2 Å². The van der Waals surface area contributed by atoms with E-state index in [1.165, 1.54) is 17.7 Å². The molecule has 5 heterocycles. The van der Waals surface area contributed by atoms with E-state index in [9.17, 15) is 0 Å². The lowest BCUT2D eigenvalue weighted by atomic mass is 9.91. The quantitative estimate of drug-likeness (QED) is 0.430. The minimum atomic E-state index is 0.342. The van der Waals surface area contributed by atoms with Crippen LogP contribution >= 0.6 is 0 Å². The standard InChI is InChI=1S/C27H32N8/c1-32(24-9-4-6-21-7-5-12-29-26(21)24)18-23-20-35-25(31-23)10-13-30-27(35)34-16-14-33(15-17-34)19-22-8-2-3-11-28-22/h2-3,5,7-8,10-13,20,24H,4,6,9,14-19H2,1H3/t24-/m0/s1. The van der Waals surface area contributed by atoms with Gasteiger partial charge in [0.1, 0.15) is 5.65 Å². The molecule has 0 bridgehead atoms. The Morgan fingerprint density at radius 1 is 0.914 bits per heavy atom. The molecule has 1 aliphatic heterocycles. The molecular weight excluding hydrogens is 436 g/mol. The second-order valence-electron chi connectivity index (χ2n) is 9.66. The zero-order chi connectivity index (χ0) is 23.6. The highest BCUT2D eigenvalue weighted by molar-refractivity contribution is 5.48. The van der Waals surface area contributed by atoms with Crippen molar-refractivity contribution < 1.29 is 0 Å². The lowest BCUT2D eigenvalue weighted by Gasteiger charge is -2.35. The second kappa shape index (κ2) is 9.71. The molecule has 0 unspecified atom stereocenters. The first kappa shape index (κ1) is 22.1. The van der Waals surface area contributed by atoms with Crippen molar-refractivity contribution in [2.75, 3.05) is 38.1 Å². The van der Waals surface area contributed by atoms with Gasteiger partial charge in [0.2, 0.25) is 5.95 Å². The van der Waals surface area contributed by atoms with Gasteiger partial charge in [-0.25, -0.2) is 9.97 Å². The summed E-state index contributed by atoms with van der Waals surface area (Å²) < 4.78 is 2.16. The van der Waals surface area contributed by atoms with E-state index in [-0.39, 0.29) is 0 Å². The summed E-state index contributed by atoms with van der Waals surface area (Å²) in [6.07, 6.45) is 11.3. The second-order valence-corrected chi connectivity index (χ2v) is 9.66. The van der Waals surface area contributed by atoms with Gasteiger partial charge in [0, 0.05) is 64.1 Å². The van der Waals surface area contributed by atoms with Crippen LogP contribution in [0, 0.1) is 0 Å². The van der Waals surface area contributed by atoms with Crippen molar-refractivity contribution in [3.63, 3.8) is 0 Å². The number of rotatable bonds is 6. The van der Waals surface area contributed by atoms with E-state index in [1.807, 2.05) is 30.7 Å². The fourth-order valence-corrected chi connectivity index (χ4v) is 5.47. The molecule has 2 aliphatic rings. The van der Waals surface area contributed by atoms with Gasteiger partial charge in [-0.1, -0.05) is 12.1 Å². The van der Waals surface area contributed by atoms with Crippen LogP contribution in [0.4, 0.5) is 5.95 Å². The Hall–Kier alpha value is -3.36. The molecule has 0 amide bonds.